The van der Waals surface area contributed by atoms with Gasteiger partial charge in [0.05, 0.1) is 5.03 Å². The summed E-state index contributed by atoms with van der Waals surface area (Å²) < 4.78 is 6.54. The highest BCUT2D eigenvalue weighted by molar-refractivity contribution is 7.99. The van der Waals surface area contributed by atoms with E-state index in [4.69, 9.17) is 4.43 Å². The van der Waals surface area contributed by atoms with Crippen LogP contribution in [0.4, 0.5) is 0 Å². The molecule has 1 aromatic carbocycles. The fraction of sp³-hybridized carbons (Fsp3) is 0.520. The van der Waals surface area contributed by atoms with Crippen molar-refractivity contribution in [1.29, 1.82) is 0 Å². The molecule has 3 rings (SSSR count). The molecule has 5 nitrogen and oxygen atoms in total. The smallest absolute Gasteiger partial charge is 0.326 e. The molecule has 1 aliphatic rings. The highest BCUT2D eigenvalue weighted by atomic mass is 32.2. The molecule has 1 heterocycles. The van der Waals surface area contributed by atoms with Crippen LogP contribution in [-0.2, 0) is 17.3 Å². The van der Waals surface area contributed by atoms with Gasteiger partial charge in [-0.1, -0.05) is 69.3 Å². The first-order valence-corrected chi connectivity index (χ1v) is 15.2. The molecule has 174 valence electrons. The van der Waals surface area contributed by atoms with E-state index < -0.39 is 14.0 Å². The van der Waals surface area contributed by atoms with E-state index in [-0.39, 0.29) is 10.6 Å². The third kappa shape index (κ3) is 5.74. The van der Waals surface area contributed by atoms with Crippen LogP contribution >= 0.6 is 11.8 Å². The summed E-state index contributed by atoms with van der Waals surface area (Å²) in [4.78, 5) is 30.3. The van der Waals surface area contributed by atoms with E-state index >= 15 is 0 Å². The Labute approximate surface area is 196 Å². The van der Waals surface area contributed by atoms with Crippen molar-refractivity contribution in [2.75, 3.05) is 6.61 Å². The number of rotatable bonds is 8. The zero-order valence-corrected chi connectivity index (χ0v) is 21.9. The van der Waals surface area contributed by atoms with Crippen LogP contribution in [0.25, 0.3) is 0 Å². The number of aromatic nitrogens is 2. The molecule has 0 spiro atoms. The molecule has 1 aliphatic carbocycles. The molecule has 1 atom stereocenters. The molecule has 0 radical (unpaired) electrons. The Hall–Kier alpha value is -1.83. The summed E-state index contributed by atoms with van der Waals surface area (Å²) in [6.45, 7) is 14.2. The first-order chi connectivity index (χ1) is 15.0. The molecule has 1 unspecified atom stereocenters. The second-order valence-electron chi connectivity index (χ2n) is 10.1. The van der Waals surface area contributed by atoms with E-state index in [0.29, 0.717) is 22.9 Å². The first-order valence-electron chi connectivity index (χ1n) is 11.5. The van der Waals surface area contributed by atoms with E-state index in [0.717, 1.165) is 30.8 Å². The van der Waals surface area contributed by atoms with Crippen molar-refractivity contribution in [3.63, 3.8) is 0 Å². The lowest BCUT2D eigenvalue weighted by molar-refractivity contribution is 0.244. The van der Waals surface area contributed by atoms with Crippen molar-refractivity contribution in [3.8, 4) is 0 Å². The van der Waals surface area contributed by atoms with Gasteiger partial charge in [-0.25, -0.2) is 4.79 Å². The van der Waals surface area contributed by atoms with Gasteiger partial charge in [-0.15, -0.1) is 0 Å². The van der Waals surface area contributed by atoms with Crippen LogP contribution in [0, 0.1) is 5.92 Å². The zero-order valence-electron chi connectivity index (χ0n) is 20.1. The van der Waals surface area contributed by atoms with Crippen LogP contribution in [0.2, 0.25) is 18.1 Å². The Morgan fingerprint density at radius 1 is 1.16 bits per heavy atom. The molecule has 32 heavy (non-hydrogen) atoms. The van der Waals surface area contributed by atoms with Crippen molar-refractivity contribution in [2.45, 2.75) is 81.4 Å². The Balaban J connectivity index is 1.78. The quantitative estimate of drug-likeness (QED) is 0.294. The van der Waals surface area contributed by atoms with Crippen LogP contribution in [0.3, 0.4) is 0 Å². The van der Waals surface area contributed by atoms with E-state index in [1.54, 1.807) is 0 Å². The van der Waals surface area contributed by atoms with Gasteiger partial charge in [0, 0.05) is 23.0 Å². The van der Waals surface area contributed by atoms with E-state index in [2.05, 4.69) is 68.1 Å². The fourth-order valence-electron chi connectivity index (χ4n) is 3.73. The number of hydrogen-bond acceptors (Lipinski definition) is 4. The summed E-state index contributed by atoms with van der Waals surface area (Å²) in [5.41, 5.74) is 2.49. The molecule has 7 heteroatoms. The van der Waals surface area contributed by atoms with Crippen molar-refractivity contribution in [1.82, 2.24) is 9.97 Å². The fourth-order valence-corrected chi connectivity index (χ4v) is 5.93. The van der Waals surface area contributed by atoms with E-state index in [1.165, 1.54) is 22.9 Å². The van der Waals surface area contributed by atoms with Gasteiger partial charge >= 0.3 is 5.69 Å². The molecule has 0 fully saturated rings. The van der Waals surface area contributed by atoms with Crippen LogP contribution in [0.5, 0.6) is 0 Å². The highest BCUT2D eigenvalue weighted by Gasteiger charge is 2.38. The molecule has 0 saturated carbocycles. The second-order valence-corrected chi connectivity index (χ2v) is 15.9. The Morgan fingerprint density at radius 2 is 1.88 bits per heavy atom. The van der Waals surface area contributed by atoms with Gasteiger partial charge in [0.25, 0.3) is 5.56 Å². The molecule has 0 saturated heterocycles. The number of allylic oxidation sites excluding steroid dienone is 1. The highest BCUT2D eigenvalue weighted by Crippen LogP contribution is 2.39. The van der Waals surface area contributed by atoms with E-state index in [1.807, 2.05) is 13.0 Å². The Bertz CT molecular complexity index is 1100. The summed E-state index contributed by atoms with van der Waals surface area (Å²) in [6, 6.07) is 8.26. The minimum atomic E-state index is -1.77. The molecular weight excluding hydrogens is 436 g/mol. The van der Waals surface area contributed by atoms with Gasteiger partial charge < -0.3 is 9.41 Å². The van der Waals surface area contributed by atoms with Crippen LogP contribution in [0.1, 0.15) is 51.7 Å². The minimum Gasteiger partial charge on any atom is -0.416 e. The normalized spacial score (nSPS) is 16.9. The largest absolute Gasteiger partial charge is 0.416 e. The predicted molar refractivity (Wildman–Crippen MR) is 135 cm³/mol. The molecule has 2 aromatic rings. The number of aromatic amines is 2. The summed E-state index contributed by atoms with van der Waals surface area (Å²) in [5.74, 6) is 0.452. The average molecular weight is 473 g/mol. The maximum atomic E-state index is 12.2. The molecular formula is C25H36N2O3SSi. The van der Waals surface area contributed by atoms with Crippen LogP contribution < -0.4 is 11.2 Å². The Kier molecular flexibility index (Phi) is 7.73. The van der Waals surface area contributed by atoms with Gasteiger partial charge in [-0.05, 0) is 55.4 Å². The molecule has 1 aromatic heterocycles. The zero-order chi connectivity index (χ0) is 23.5. The number of H-pyrrole nitrogens is 2. The van der Waals surface area contributed by atoms with Gasteiger partial charge in [0.15, 0.2) is 8.32 Å². The average Bonchev–Trinajstić information content (AvgIpc) is 3.14. The second kappa shape index (κ2) is 9.97. The van der Waals surface area contributed by atoms with Crippen molar-refractivity contribution >= 4 is 20.1 Å². The third-order valence-corrected chi connectivity index (χ3v) is 12.5. The maximum Gasteiger partial charge on any atom is 0.326 e. The lowest BCUT2D eigenvalue weighted by Crippen LogP contribution is -2.42. The van der Waals surface area contributed by atoms with E-state index in [9.17, 15) is 9.59 Å². The van der Waals surface area contributed by atoms with Crippen molar-refractivity contribution < 1.29 is 4.43 Å². The third-order valence-electron chi connectivity index (χ3n) is 6.83. The SMILES string of the molecule is CCc1c(Sc2ccccc2CC2=CCCC2CO[Si](C)(C)C(C)(C)C)[nH]c(=O)[nH]c1=O. The number of hydrogen-bond donors (Lipinski definition) is 2. The maximum absolute atomic E-state index is 12.2. The number of benzene rings is 1. The van der Waals surface area contributed by atoms with Crippen molar-refractivity contribution in [3.05, 3.63) is 67.9 Å². The molecule has 0 aliphatic heterocycles. The topological polar surface area (TPSA) is 75.0 Å². The lowest BCUT2D eigenvalue weighted by Gasteiger charge is -2.37. The summed E-state index contributed by atoms with van der Waals surface area (Å²) in [6.07, 6.45) is 6.03. The van der Waals surface area contributed by atoms with Gasteiger partial charge in [0.1, 0.15) is 0 Å². The summed E-state index contributed by atoms with van der Waals surface area (Å²) in [7, 11) is -1.77. The summed E-state index contributed by atoms with van der Waals surface area (Å²) in [5, 5.41) is 0.840. The van der Waals surface area contributed by atoms with Gasteiger partial charge in [-0.2, -0.15) is 0 Å². The monoisotopic (exact) mass is 472 g/mol. The number of nitrogens with one attached hydrogen (secondary N) is 2. The first kappa shape index (κ1) is 24.8. The molecule has 0 bridgehead atoms. The lowest BCUT2D eigenvalue weighted by atomic mass is 9.96. The standard InChI is InChI=1S/C25H36N2O3SSi/c1-7-20-22(28)26-24(29)27-23(20)31-21-14-9-8-11-18(21)15-17-12-10-13-19(17)16-30-32(5,6)25(2,3)4/h8-9,11-12,14,19H,7,10,13,15-16H2,1-6H3,(H2,26,27,28,29). The van der Waals surface area contributed by atoms with Crippen LogP contribution in [-0.4, -0.2) is 24.9 Å². The van der Waals surface area contributed by atoms with Gasteiger partial charge in [0.2, 0.25) is 0 Å². The molecule has 0 amide bonds. The van der Waals surface area contributed by atoms with Crippen LogP contribution in [0.15, 0.2) is 55.4 Å². The van der Waals surface area contributed by atoms with Gasteiger partial charge in [-0.3, -0.25) is 9.78 Å². The Morgan fingerprint density at radius 3 is 2.56 bits per heavy atom. The molecule has 2 N–H and O–H groups in total. The summed E-state index contributed by atoms with van der Waals surface area (Å²) >= 11 is 1.47. The van der Waals surface area contributed by atoms with Crippen molar-refractivity contribution in [2.24, 2.45) is 5.92 Å². The predicted octanol–water partition coefficient (Wildman–Crippen LogP) is 5.68. The minimum absolute atomic E-state index is 0.208.